The SMILES string of the molecule is CN(C(=O)c1cccc(-n2nc(C(F)(F)F)c(Cl)c2C2CC2)c1)c1ccc2c(c1)OCO2. The Morgan fingerprint density at radius 1 is 1.16 bits per heavy atom. The highest BCUT2D eigenvalue weighted by atomic mass is 35.5. The highest BCUT2D eigenvalue weighted by molar-refractivity contribution is 6.32. The molecule has 10 heteroatoms. The van der Waals surface area contributed by atoms with E-state index in [9.17, 15) is 18.0 Å². The first kappa shape index (κ1) is 20.7. The van der Waals surface area contributed by atoms with Crippen molar-refractivity contribution in [3.8, 4) is 17.2 Å². The smallest absolute Gasteiger partial charge is 0.436 e. The molecular weight excluding hydrogens is 447 g/mol. The topological polar surface area (TPSA) is 56.6 Å². The summed E-state index contributed by atoms with van der Waals surface area (Å²) in [6.07, 6.45) is -3.18. The van der Waals surface area contributed by atoms with E-state index in [0.29, 0.717) is 34.1 Å². The van der Waals surface area contributed by atoms with Gasteiger partial charge in [-0.05, 0) is 43.2 Å². The van der Waals surface area contributed by atoms with Gasteiger partial charge in [0.15, 0.2) is 17.2 Å². The molecule has 1 saturated carbocycles. The molecule has 2 aromatic carbocycles. The zero-order valence-electron chi connectivity index (χ0n) is 16.8. The van der Waals surface area contributed by atoms with Crippen molar-refractivity contribution in [3.05, 3.63) is 64.4 Å². The number of benzene rings is 2. The summed E-state index contributed by atoms with van der Waals surface area (Å²) >= 11 is 6.08. The minimum atomic E-state index is -4.67. The molecule has 0 saturated heterocycles. The highest BCUT2D eigenvalue weighted by Crippen LogP contribution is 2.47. The number of aromatic nitrogens is 2. The van der Waals surface area contributed by atoms with Gasteiger partial charge in [-0.25, -0.2) is 4.68 Å². The number of carbonyl (C=O) groups excluding carboxylic acids is 1. The van der Waals surface area contributed by atoms with Gasteiger partial charge in [-0.15, -0.1) is 0 Å². The summed E-state index contributed by atoms with van der Waals surface area (Å²) in [5.74, 6) is 0.714. The minimum Gasteiger partial charge on any atom is -0.454 e. The molecule has 2 heterocycles. The molecule has 2 aliphatic rings. The van der Waals surface area contributed by atoms with E-state index < -0.39 is 11.9 Å². The fraction of sp³-hybridized carbons (Fsp3) is 0.273. The number of ether oxygens (including phenoxy) is 2. The Balaban J connectivity index is 1.50. The predicted molar refractivity (Wildman–Crippen MR) is 111 cm³/mol. The van der Waals surface area contributed by atoms with Gasteiger partial charge in [-0.1, -0.05) is 17.7 Å². The second kappa shape index (κ2) is 7.44. The largest absolute Gasteiger partial charge is 0.454 e. The zero-order valence-corrected chi connectivity index (χ0v) is 17.6. The number of alkyl halides is 3. The molecule has 1 aliphatic heterocycles. The lowest BCUT2D eigenvalue weighted by molar-refractivity contribution is -0.141. The quantitative estimate of drug-likeness (QED) is 0.518. The van der Waals surface area contributed by atoms with Crippen molar-refractivity contribution in [3.63, 3.8) is 0 Å². The van der Waals surface area contributed by atoms with E-state index in [4.69, 9.17) is 21.1 Å². The van der Waals surface area contributed by atoms with Crippen LogP contribution in [0.1, 0.15) is 40.5 Å². The second-order valence-corrected chi connectivity index (χ2v) is 8.06. The van der Waals surface area contributed by atoms with Crippen LogP contribution < -0.4 is 14.4 Å². The fourth-order valence-electron chi connectivity index (χ4n) is 3.67. The van der Waals surface area contributed by atoms with Crippen LogP contribution in [-0.2, 0) is 6.18 Å². The lowest BCUT2D eigenvalue weighted by Crippen LogP contribution is -2.26. The first-order chi connectivity index (χ1) is 15.2. The molecule has 0 spiro atoms. The molecule has 0 N–H and O–H groups in total. The summed E-state index contributed by atoms with van der Waals surface area (Å²) in [6.45, 7) is 0.119. The molecule has 0 radical (unpaired) electrons. The van der Waals surface area contributed by atoms with E-state index in [1.54, 1.807) is 43.4 Å². The lowest BCUT2D eigenvalue weighted by atomic mass is 10.1. The van der Waals surface area contributed by atoms with Gasteiger partial charge in [-0.3, -0.25) is 4.79 Å². The second-order valence-electron chi connectivity index (χ2n) is 7.68. The number of fused-ring (bicyclic) bond motifs is 1. The Morgan fingerprint density at radius 3 is 2.62 bits per heavy atom. The summed E-state index contributed by atoms with van der Waals surface area (Å²) < 4.78 is 52.0. The zero-order chi connectivity index (χ0) is 22.6. The number of halogens is 4. The van der Waals surface area contributed by atoms with Gasteiger partial charge in [0.05, 0.1) is 16.4 Å². The van der Waals surface area contributed by atoms with Gasteiger partial charge in [-0.2, -0.15) is 18.3 Å². The Morgan fingerprint density at radius 2 is 1.91 bits per heavy atom. The molecule has 1 aliphatic carbocycles. The molecule has 1 amide bonds. The number of anilines is 1. The van der Waals surface area contributed by atoms with E-state index in [1.807, 2.05) is 0 Å². The number of carbonyl (C=O) groups is 1. The first-order valence-electron chi connectivity index (χ1n) is 9.88. The maximum absolute atomic E-state index is 13.4. The van der Waals surface area contributed by atoms with Gasteiger partial charge in [0.1, 0.15) is 0 Å². The van der Waals surface area contributed by atoms with Crippen molar-refractivity contribution < 1.29 is 27.4 Å². The van der Waals surface area contributed by atoms with Crippen LogP contribution in [0.5, 0.6) is 11.5 Å². The Labute approximate surface area is 186 Å². The average Bonchev–Trinajstić information content (AvgIpc) is 3.37. The van der Waals surface area contributed by atoms with Gasteiger partial charge in [0, 0.05) is 30.3 Å². The third-order valence-corrected chi connectivity index (χ3v) is 5.85. The van der Waals surface area contributed by atoms with Gasteiger partial charge in [0.2, 0.25) is 6.79 Å². The van der Waals surface area contributed by atoms with E-state index in [-0.39, 0.29) is 23.6 Å². The van der Waals surface area contributed by atoms with Crippen molar-refractivity contribution in [1.82, 2.24) is 9.78 Å². The Hall–Kier alpha value is -3.20. The lowest BCUT2D eigenvalue weighted by Gasteiger charge is -2.18. The first-order valence-corrected chi connectivity index (χ1v) is 10.3. The number of hydrogen-bond donors (Lipinski definition) is 0. The molecule has 0 bridgehead atoms. The highest BCUT2D eigenvalue weighted by Gasteiger charge is 2.42. The predicted octanol–water partition coefficient (Wildman–Crippen LogP) is 5.43. The molecule has 0 unspecified atom stereocenters. The van der Waals surface area contributed by atoms with Crippen LogP contribution >= 0.6 is 11.6 Å². The van der Waals surface area contributed by atoms with Crippen LogP contribution in [0.25, 0.3) is 5.69 Å². The van der Waals surface area contributed by atoms with Crippen molar-refractivity contribution in [1.29, 1.82) is 0 Å². The standard InChI is InChI=1S/C22H17ClF3N3O3/c1-28(14-7-8-16-17(10-14)32-11-31-16)21(30)13-3-2-4-15(9-13)29-19(12-5-6-12)18(23)20(27-29)22(24,25)26/h2-4,7-10,12H,5-6,11H2,1H3. The molecule has 0 atom stereocenters. The number of nitrogens with zero attached hydrogens (tertiary/aromatic N) is 3. The molecule has 166 valence electrons. The van der Waals surface area contributed by atoms with E-state index in [2.05, 4.69) is 5.10 Å². The van der Waals surface area contributed by atoms with E-state index in [1.165, 1.54) is 15.6 Å². The van der Waals surface area contributed by atoms with Crippen molar-refractivity contribution in [2.75, 3.05) is 18.7 Å². The van der Waals surface area contributed by atoms with Crippen molar-refractivity contribution in [2.45, 2.75) is 24.9 Å². The summed E-state index contributed by atoms with van der Waals surface area (Å²) in [7, 11) is 1.61. The van der Waals surface area contributed by atoms with E-state index >= 15 is 0 Å². The molecule has 1 aromatic heterocycles. The average molecular weight is 464 g/mol. The molecule has 32 heavy (non-hydrogen) atoms. The van der Waals surface area contributed by atoms with Crippen LogP contribution in [0.4, 0.5) is 18.9 Å². The molecular formula is C22H17ClF3N3O3. The third-order valence-electron chi connectivity index (χ3n) is 5.48. The number of rotatable bonds is 4. The third kappa shape index (κ3) is 3.56. The molecule has 5 rings (SSSR count). The van der Waals surface area contributed by atoms with Crippen molar-refractivity contribution >= 4 is 23.2 Å². The normalized spacial score (nSPS) is 15.2. The van der Waals surface area contributed by atoms with Crippen molar-refractivity contribution in [2.24, 2.45) is 0 Å². The van der Waals surface area contributed by atoms with Gasteiger partial charge in [0.25, 0.3) is 5.91 Å². The van der Waals surface area contributed by atoms with Crippen LogP contribution in [0, 0.1) is 0 Å². The molecule has 1 fully saturated rings. The van der Waals surface area contributed by atoms with Crippen LogP contribution in [0.3, 0.4) is 0 Å². The number of amides is 1. The van der Waals surface area contributed by atoms with Gasteiger partial charge < -0.3 is 14.4 Å². The van der Waals surface area contributed by atoms with Crippen LogP contribution in [0.2, 0.25) is 5.02 Å². The minimum absolute atomic E-state index is 0.0817. The molecule has 6 nitrogen and oxygen atoms in total. The summed E-state index contributed by atoms with van der Waals surface area (Å²) in [5, 5.41) is 3.38. The molecule has 3 aromatic rings. The van der Waals surface area contributed by atoms with Crippen LogP contribution in [0.15, 0.2) is 42.5 Å². The van der Waals surface area contributed by atoms with Gasteiger partial charge >= 0.3 is 6.18 Å². The fourth-order valence-corrected chi connectivity index (χ4v) is 4.05. The van der Waals surface area contributed by atoms with Crippen LogP contribution in [-0.4, -0.2) is 29.5 Å². The summed E-state index contributed by atoms with van der Waals surface area (Å²) in [4.78, 5) is 14.5. The monoisotopic (exact) mass is 463 g/mol. The summed E-state index contributed by atoms with van der Waals surface area (Å²) in [6, 6.07) is 11.5. The maximum atomic E-state index is 13.4. The maximum Gasteiger partial charge on any atom is 0.436 e. The van der Waals surface area contributed by atoms with E-state index in [0.717, 1.165) is 12.8 Å². The Kier molecular flexibility index (Phi) is 4.81. The summed E-state index contributed by atoms with van der Waals surface area (Å²) in [5.41, 5.74) is 0.437. The Bertz CT molecular complexity index is 1220. The number of hydrogen-bond acceptors (Lipinski definition) is 4.